The van der Waals surface area contributed by atoms with Gasteiger partial charge in [-0.05, 0) is 18.6 Å². The maximum absolute atomic E-state index is 10.4. The van der Waals surface area contributed by atoms with Gasteiger partial charge in [0.15, 0.2) is 0 Å². The summed E-state index contributed by atoms with van der Waals surface area (Å²) >= 11 is 0. The van der Waals surface area contributed by atoms with Crippen molar-refractivity contribution in [2.24, 2.45) is 0 Å². The van der Waals surface area contributed by atoms with E-state index in [0.717, 1.165) is 10.9 Å². The molecular formula is C18H19NO4. The number of hydrogen-bond acceptors (Lipinski definition) is 4. The van der Waals surface area contributed by atoms with Gasteiger partial charge in [0, 0.05) is 30.2 Å². The number of aromatic nitrogens is 1. The summed E-state index contributed by atoms with van der Waals surface area (Å²) in [6, 6.07) is 9.48. The fraction of sp³-hybridized carbons (Fsp3) is 0.333. The van der Waals surface area contributed by atoms with Crippen LogP contribution in [-0.4, -0.2) is 28.3 Å². The summed E-state index contributed by atoms with van der Waals surface area (Å²) in [6.07, 6.45) is 0.586. The van der Waals surface area contributed by atoms with Crippen molar-refractivity contribution in [1.82, 2.24) is 4.98 Å². The molecule has 0 spiro atoms. The lowest BCUT2D eigenvalue weighted by Gasteiger charge is -2.13. The number of carbonyl (C=O) groups is 1. The molecule has 0 aliphatic rings. The number of unbranched alkanes of at least 4 members (excludes halogenated alkanes) is 1. The summed E-state index contributed by atoms with van der Waals surface area (Å²) in [4.78, 5) is 14.8. The van der Waals surface area contributed by atoms with E-state index in [9.17, 15) is 9.90 Å². The van der Waals surface area contributed by atoms with Gasteiger partial charge in [-0.15, -0.1) is 11.8 Å². The second-order valence-electron chi connectivity index (χ2n) is 5.10. The highest BCUT2D eigenvalue weighted by Gasteiger charge is 2.15. The Balaban J connectivity index is 2.06. The van der Waals surface area contributed by atoms with Crippen LogP contribution in [0.1, 0.15) is 37.4 Å². The van der Waals surface area contributed by atoms with Crippen molar-refractivity contribution >= 4 is 16.9 Å². The summed E-state index contributed by atoms with van der Waals surface area (Å²) < 4.78 is 5.26. The maximum atomic E-state index is 10.4. The summed E-state index contributed by atoms with van der Waals surface area (Å²) in [5.41, 5.74) is 1.41. The lowest BCUT2D eigenvalue weighted by atomic mass is 10.1. The topological polar surface area (TPSA) is 79.7 Å². The van der Waals surface area contributed by atoms with Crippen LogP contribution in [0.4, 0.5) is 0 Å². The SMILES string of the molecule is COc1nc2ccccc2cc1C(O)CC#CCCCC(=O)O. The molecule has 0 amide bonds. The largest absolute Gasteiger partial charge is 0.481 e. The van der Waals surface area contributed by atoms with Gasteiger partial charge in [0.1, 0.15) is 0 Å². The number of aliphatic carboxylic acids is 1. The maximum Gasteiger partial charge on any atom is 0.303 e. The minimum atomic E-state index is -0.821. The molecule has 0 bridgehead atoms. The van der Waals surface area contributed by atoms with E-state index in [2.05, 4.69) is 16.8 Å². The molecule has 1 aromatic heterocycles. The molecule has 0 saturated carbocycles. The molecule has 1 aromatic carbocycles. The van der Waals surface area contributed by atoms with E-state index in [4.69, 9.17) is 9.84 Å². The Morgan fingerprint density at radius 1 is 1.35 bits per heavy atom. The Morgan fingerprint density at radius 3 is 2.87 bits per heavy atom. The van der Waals surface area contributed by atoms with Crippen LogP contribution in [-0.2, 0) is 4.79 Å². The number of ether oxygens (including phenoxy) is 1. The fourth-order valence-corrected chi connectivity index (χ4v) is 2.21. The second-order valence-corrected chi connectivity index (χ2v) is 5.10. The highest BCUT2D eigenvalue weighted by atomic mass is 16.5. The quantitative estimate of drug-likeness (QED) is 0.633. The number of fused-ring (bicyclic) bond motifs is 1. The molecule has 2 aromatic rings. The average Bonchev–Trinajstić information content (AvgIpc) is 2.56. The molecule has 0 radical (unpaired) electrons. The van der Waals surface area contributed by atoms with Gasteiger partial charge in [-0.2, -0.15) is 0 Å². The Labute approximate surface area is 134 Å². The van der Waals surface area contributed by atoms with Crippen LogP contribution in [0, 0.1) is 11.8 Å². The number of nitrogens with zero attached hydrogens (tertiary/aromatic N) is 1. The number of hydrogen-bond donors (Lipinski definition) is 2. The fourth-order valence-electron chi connectivity index (χ4n) is 2.21. The van der Waals surface area contributed by atoms with Crippen molar-refractivity contribution in [2.75, 3.05) is 7.11 Å². The van der Waals surface area contributed by atoms with Crippen LogP contribution < -0.4 is 4.74 Å². The van der Waals surface area contributed by atoms with E-state index in [1.165, 1.54) is 7.11 Å². The minimum absolute atomic E-state index is 0.111. The molecule has 0 aliphatic carbocycles. The molecule has 0 aliphatic heterocycles. The van der Waals surface area contributed by atoms with Gasteiger partial charge < -0.3 is 14.9 Å². The van der Waals surface area contributed by atoms with E-state index >= 15 is 0 Å². The predicted octanol–water partition coefficient (Wildman–Crippen LogP) is 2.93. The first-order chi connectivity index (χ1) is 11.1. The smallest absolute Gasteiger partial charge is 0.303 e. The van der Waals surface area contributed by atoms with Crippen LogP contribution in [0.25, 0.3) is 10.9 Å². The molecule has 0 fully saturated rings. The molecule has 1 atom stereocenters. The monoisotopic (exact) mass is 313 g/mol. The number of rotatable bonds is 6. The zero-order valence-electron chi connectivity index (χ0n) is 13.0. The van der Waals surface area contributed by atoms with Gasteiger partial charge >= 0.3 is 5.97 Å². The first kappa shape index (κ1) is 16.8. The predicted molar refractivity (Wildman–Crippen MR) is 87.1 cm³/mol. The number of para-hydroxylation sites is 1. The Hall–Kier alpha value is -2.58. The third-order valence-corrected chi connectivity index (χ3v) is 3.38. The molecule has 23 heavy (non-hydrogen) atoms. The van der Waals surface area contributed by atoms with Crippen molar-refractivity contribution in [3.63, 3.8) is 0 Å². The molecule has 5 heteroatoms. The van der Waals surface area contributed by atoms with Gasteiger partial charge in [0.25, 0.3) is 0 Å². The molecule has 1 unspecified atom stereocenters. The molecule has 0 saturated heterocycles. The van der Waals surface area contributed by atoms with Crippen LogP contribution in [0.2, 0.25) is 0 Å². The first-order valence-corrected chi connectivity index (χ1v) is 7.41. The highest BCUT2D eigenvalue weighted by Crippen LogP contribution is 2.28. The number of aliphatic hydroxyl groups is 1. The zero-order chi connectivity index (χ0) is 16.7. The summed E-state index contributed by atoms with van der Waals surface area (Å²) in [5, 5.41) is 19.8. The molecule has 120 valence electrons. The molecule has 1 heterocycles. The van der Waals surface area contributed by atoms with Gasteiger partial charge in [-0.25, -0.2) is 4.98 Å². The molecular weight excluding hydrogens is 294 g/mol. The standard InChI is InChI=1S/C18H19NO4/c1-23-18-14(12-13-8-6-7-9-15(13)19-18)16(20)10-4-2-3-5-11-17(21)22/h6-9,12,16,20H,3,5,10-11H2,1H3,(H,21,22). The van der Waals surface area contributed by atoms with Crippen molar-refractivity contribution in [1.29, 1.82) is 0 Å². The normalized spacial score (nSPS) is 11.6. The Kier molecular flexibility index (Phi) is 5.95. The van der Waals surface area contributed by atoms with Crippen LogP contribution in [0.5, 0.6) is 5.88 Å². The van der Waals surface area contributed by atoms with Crippen molar-refractivity contribution < 1.29 is 19.7 Å². The van der Waals surface area contributed by atoms with Crippen LogP contribution in [0.3, 0.4) is 0 Å². The molecule has 2 rings (SSSR count). The third-order valence-electron chi connectivity index (χ3n) is 3.38. The minimum Gasteiger partial charge on any atom is -0.481 e. The van der Waals surface area contributed by atoms with Gasteiger partial charge in [0.05, 0.1) is 18.7 Å². The van der Waals surface area contributed by atoms with Gasteiger partial charge in [-0.3, -0.25) is 4.79 Å². The Morgan fingerprint density at radius 2 is 2.13 bits per heavy atom. The number of pyridine rings is 1. The van der Waals surface area contributed by atoms with Crippen molar-refractivity contribution in [3.05, 3.63) is 35.9 Å². The zero-order valence-corrected chi connectivity index (χ0v) is 13.0. The van der Waals surface area contributed by atoms with E-state index in [1.54, 1.807) is 0 Å². The summed E-state index contributed by atoms with van der Waals surface area (Å²) in [6.45, 7) is 0. The average molecular weight is 313 g/mol. The second kappa shape index (κ2) is 8.16. The number of methoxy groups -OCH3 is 1. The summed E-state index contributed by atoms with van der Waals surface area (Å²) in [7, 11) is 1.52. The molecule has 5 nitrogen and oxygen atoms in total. The van der Waals surface area contributed by atoms with Gasteiger partial charge in [-0.1, -0.05) is 18.2 Å². The number of benzene rings is 1. The number of aliphatic hydroxyl groups excluding tert-OH is 1. The van der Waals surface area contributed by atoms with E-state index < -0.39 is 12.1 Å². The van der Waals surface area contributed by atoms with E-state index in [0.29, 0.717) is 24.3 Å². The van der Waals surface area contributed by atoms with E-state index in [1.807, 2.05) is 30.3 Å². The molecule has 2 N–H and O–H groups in total. The lowest BCUT2D eigenvalue weighted by molar-refractivity contribution is -0.137. The van der Waals surface area contributed by atoms with Gasteiger partial charge in [0.2, 0.25) is 5.88 Å². The van der Waals surface area contributed by atoms with Crippen molar-refractivity contribution in [3.8, 4) is 17.7 Å². The van der Waals surface area contributed by atoms with Crippen LogP contribution in [0.15, 0.2) is 30.3 Å². The number of carboxylic acid groups (broad SMARTS) is 1. The lowest BCUT2D eigenvalue weighted by Crippen LogP contribution is -2.02. The number of carboxylic acids is 1. The Bertz CT molecular complexity index is 746. The van der Waals surface area contributed by atoms with Crippen LogP contribution >= 0.6 is 0 Å². The summed E-state index contributed by atoms with van der Waals surface area (Å²) in [5.74, 6) is 5.33. The van der Waals surface area contributed by atoms with Crippen molar-refractivity contribution in [2.45, 2.75) is 31.8 Å². The first-order valence-electron chi connectivity index (χ1n) is 7.41. The van der Waals surface area contributed by atoms with E-state index in [-0.39, 0.29) is 12.8 Å². The highest BCUT2D eigenvalue weighted by molar-refractivity contribution is 5.80. The third kappa shape index (κ3) is 4.70.